The Hall–Kier alpha value is -1.35. The molecule has 2 N–H and O–H groups in total. The van der Waals surface area contributed by atoms with Gasteiger partial charge in [-0.1, -0.05) is 37.6 Å². The van der Waals surface area contributed by atoms with E-state index in [1.807, 2.05) is 4.90 Å². The third-order valence-corrected chi connectivity index (χ3v) is 3.92. The van der Waals surface area contributed by atoms with E-state index in [2.05, 4.69) is 45.9 Å². The Balaban J connectivity index is 2.85. The highest BCUT2D eigenvalue weighted by Gasteiger charge is 2.20. The van der Waals surface area contributed by atoms with Crippen LogP contribution in [0.4, 0.5) is 0 Å². The fourth-order valence-corrected chi connectivity index (χ4v) is 2.76. The fourth-order valence-electron chi connectivity index (χ4n) is 2.76. The zero-order chi connectivity index (χ0) is 15.8. The standard InChI is InChI=1S/C18H30N2O/c1-5-9-20(10-6-2)18(21)12-16(13-19)17-11-14(3)7-8-15(17)4/h7-8,11,16H,5-6,9-10,12-13,19H2,1-4H3. The largest absolute Gasteiger partial charge is 0.343 e. The molecule has 0 radical (unpaired) electrons. The molecule has 1 unspecified atom stereocenters. The summed E-state index contributed by atoms with van der Waals surface area (Å²) in [6.07, 6.45) is 2.52. The molecule has 1 atom stereocenters. The summed E-state index contributed by atoms with van der Waals surface area (Å²) >= 11 is 0. The van der Waals surface area contributed by atoms with Crippen LogP contribution in [0, 0.1) is 13.8 Å². The van der Waals surface area contributed by atoms with Gasteiger partial charge < -0.3 is 10.6 Å². The lowest BCUT2D eigenvalue weighted by Crippen LogP contribution is -2.34. The number of carbonyl (C=O) groups is 1. The molecule has 0 aliphatic carbocycles. The highest BCUT2D eigenvalue weighted by molar-refractivity contribution is 5.77. The van der Waals surface area contributed by atoms with Gasteiger partial charge in [-0.2, -0.15) is 0 Å². The van der Waals surface area contributed by atoms with Gasteiger partial charge in [0.2, 0.25) is 5.91 Å². The summed E-state index contributed by atoms with van der Waals surface area (Å²) < 4.78 is 0. The summed E-state index contributed by atoms with van der Waals surface area (Å²) in [5, 5.41) is 0. The Bertz CT molecular complexity index is 451. The summed E-state index contributed by atoms with van der Waals surface area (Å²) in [5.74, 6) is 0.351. The van der Waals surface area contributed by atoms with Gasteiger partial charge >= 0.3 is 0 Å². The molecule has 0 aliphatic heterocycles. The first-order valence-corrected chi connectivity index (χ1v) is 8.08. The molecular formula is C18H30N2O. The Labute approximate surface area is 129 Å². The maximum absolute atomic E-state index is 12.5. The lowest BCUT2D eigenvalue weighted by Gasteiger charge is -2.25. The van der Waals surface area contributed by atoms with Crippen LogP contribution in [0.5, 0.6) is 0 Å². The molecule has 0 saturated carbocycles. The first-order valence-electron chi connectivity index (χ1n) is 8.08. The van der Waals surface area contributed by atoms with E-state index in [1.165, 1.54) is 16.7 Å². The van der Waals surface area contributed by atoms with Gasteiger partial charge in [0, 0.05) is 25.4 Å². The average molecular weight is 290 g/mol. The molecule has 0 fully saturated rings. The quantitative estimate of drug-likeness (QED) is 0.797. The maximum atomic E-state index is 12.5. The van der Waals surface area contributed by atoms with Gasteiger partial charge in [-0.05, 0) is 44.4 Å². The fraction of sp³-hybridized carbons (Fsp3) is 0.611. The smallest absolute Gasteiger partial charge is 0.223 e. The second-order valence-electron chi connectivity index (χ2n) is 5.88. The molecule has 1 aromatic rings. The van der Waals surface area contributed by atoms with Crippen LogP contribution >= 0.6 is 0 Å². The van der Waals surface area contributed by atoms with E-state index in [0.717, 1.165) is 25.9 Å². The first-order chi connectivity index (χ1) is 10.0. The van der Waals surface area contributed by atoms with Crippen molar-refractivity contribution in [3.8, 4) is 0 Å². The maximum Gasteiger partial charge on any atom is 0.223 e. The van der Waals surface area contributed by atoms with Crippen molar-refractivity contribution in [1.82, 2.24) is 4.90 Å². The Morgan fingerprint density at radius 1 is 1.19 bits per heavy atom. The van der Waals surface area contributed by atoms with Gasteiger partial charge in [0.25, 0.3) is 0 Å². The highest BCUT2D eigenvalue weighted by Crippen LogP contribution is 2.24. The number of benzene rings is 1. The highest BCUT2D eigenvalue weighted by atomic mass is 16.2. The normalized spacial score (nSPS) is 12.2. The van der Waals surface area contributed by atoms with Crippen LogP contribution < -0.4 is 5.73 Å². The molecule has 1 aromatic carbocycles. The zero-order valence-electron chi connectivity index (χ0n) is 14.0. The molecule has 0 bridgehead atoms. The van der Waals surface area contributed by atoms with E-state index in [4.69, 9.17) is 5.73 Å². The minimum Gasteiger partial charge on any atom is -0.343 e. The Kier molecular flexibility index (Phi) is 7.44. The van der Waals surface area contributed by atoms with Crippen molar-refractivity contribution in [2.24, 2.45) is 5.73 Å². The first kappa shape index (κ1) is 17.7. The minimum atomic E-state index is 0.119. The van der Waals surface area contributed by atoms with Crippen molar-refractivity contribution in [2.75, 3.05) is 19.6 Å². The molecule has 0 saturated heterocycles. The molecule has 0 aliphatic rings. The van der Waals surface area contributed by atoms with Crippen LogP contribution in [0.25, 0.3) is 0 Å². The molecule has 1 amide bonds. The molecule has 0 spiro atoms. The Morgan fingerprint density at radius 3 is 2.33 bits per heavy atom. The number of amides is 1. The topological polar surface area (TPSA) is 46.3 Å². The van der Waals surface area contributed by atoms with Crippen molar-refractivity contribution < 1.29 is 4.79 Å². The van der Waals surface area contributed by atoms with Crippen molar-refractivity contribution in [2.45, 2.75) is 52.9 Å². The molecule has 0 aromatic heterocycles. The molecule has 118 valence electrons. The monoisotopic (exact) mass is 290 g/mol. The van der Waals surface area contributed by atoms with Gasteiger partial charge in [-0.25, -0.2) is 0 Å². The van der Waals surface area contributed by atoms with E-state index >= 15 is 0 Å². The van der Waals surface area contributed by atoms with Gasteiger partial charge in [0.1, 0.15) is 0 Å². The number of aryl methyl sites for hydroxylation is 2. The average Bonchev–Trinajstić information content (AvgIpc) is 2.47. The van der Waals surface area contributed by atoms with Crippen LogP contribution in [-0.4, -0.2) is 30.4 Å². The molecule has 3 nitrogen and oxygen atoms in total. The number of hydrogen-bond acceptors (Lipinski definition) is 2. The van der Waals surface area contributed by atoms with E-state index in [9.17, 15) is 4.79 Å². The van der Waals surface area contributed by atoms with E-state index in [-0.39, 0.29) is 11.8 Å². The van der Waals surface area contributed by atoms with Crippen LogP contribution in [0.1, 0.15) is 55.7 Å². The Morgan fingerprint density at radius 2 is 1.81 bits per heavy atom. The molecular weight excluding hydrogens is 260 g/mol. The SMILES string of the molecule is CCCN(CCC)C(=O)CC(CN)c1cc(C)ccc1C. The lowest BCUT2D eigenvalue weighted by atomic mass is 9.90. The lowest BCUT2D eigenvalue weighted by molar-refractivity contribution is -0.131. The van der Waals surface area contributed by atoms with Crippen molar-refractivity contribution in [3.05, 3.63) is 34.9 Å². The van der Waals surface area contributed by atoms with Crippen molar-refractivity contribution in [3.63, 3.8) is 0 Å². The second kappa shape index (κ2) is 8.83. The van der Waals surface area contributed by atoms with E-state index < -0.39 is 0 Å². The van der Waals surface area contributed by atoms with Crippen LogP contribution in [0.3, 0.4) is 0 Å². The van der Waals surface area contributed by atoms with Crippen LogP contribution in [0.15, 0.2) is 18.2 Å². The zero-order valence-corrected chi connectivity index (χ0v) is 14.0. The second-order valence-corrected chi connectivity index (χ2v) is 5.88. The number of nitrogens with two attached hydrogens (primary N) is 1. The molecule has 3 heteroatoms. The number of rotatable bonds is 8. The number of nitrogens with zero attached hydrogens (tertiary/aromatic N) is 1. The summed E-state index contributed by atoms with van der Waals surface area (Å²) in [6, 6.07) is 6.40. The summed E-state index contributed by atoms with van der Waals surface area (Å²) in [4.78, 5) is 14.5. The van der Waals surface area contributed by atoms with Gasteiger partial charge in [-0.3, -0.25) is 4.79 Å². The van der Waals surface area contributed by atoms with Crippen molar-refractivity contribution in [1.29, 1.82) is 0 Å². The van der Waals surface area contributed by atoms with Gasteiger partial charge in [-0.15, -0.1) is 0 Å². The predicted molar refractivity (Wildman–Crippen MR) is 89.5 cm³/mol. The number of hydrogen-bond donors (Lipinski definition) is 1. The number of carbonyl (C=O) groups excluding carboxylic acids is 1. The van der Waals surface area contributed by atoms with Gasteiger partial charge in [0.15, 0.2) is 0 Å². The summed E-state index contributed by atoms with van der Waals surface area (Å²) in [7, 11) is 0. The van der Waals surface area contributed by atoms with E-state index in [0.29, 0.717) is 13.0 Å². The van der Waals surface area contributed by atoms with Crippen molar-refractivity contribution >= 4 is 5.91 Å². The summed E-state index contributed by atoms with van der Waals surface area (Å²) in [6.45, 7) is 10.6. The van der Waals surface area contributed by atoms with Crippen LogP contribution in [-0.2, 0) is 4.79 Å². The molecule has 1 rings (SSSR count). The third-order valence-electron chi connectivity index (χ3n) is 3.92. The minimum absolute atomic E-state index is 0.119. The van der Waals surface area contributed by atoms with Crippen LogP contribution in [0.2, 0.25) is 0 Å². The third kappa shape index (κ3) is 5.16. The predicted octanol–water partition coefficient (Wildman–Crippen LogP) is 3.38. The van der Waals surface area contributed by atoms with E-state index in [1.54, 1.807) is 0 Å². The molecule has 21 heavy (non-hydrogen) atoms. The summed E-state index contributed by atoms with van der Waals surface area (Å²) in [5.41, 5.74) is 9.62. The molecule has 0 heterocycles. The van der Waals surface area contributed by atoms with Gasteiger partial charge in [0.05, 0.1) is 0 Å².